The predicted octanol–water partition coefficient (Wildman–Crippen LogP) is 3.53. The fraction of sp³-hybridized carbons (Fsp3) is 0.625. The molecular formula is C16H22O4. The number of hydrogen-bond donors (Lipinski definition) is 2. The van der Waals surface area contributed by atoms with Crippen LogP contribution in [0.25, 0.3) is 0 Å². The minimum atomic E-state index is -1.06. The maximum Gasteiger partial charge on any atom is 0.332 e. The van der Waals surface area contributed by atoms with Crippen LogP contribution in [-0.4, -0.2) is 22.2 Å². The van der Waals surface area contributed by atoms with Gasteiger partial charge >= 0.3 is 11.9 Å². The molecule has 4 heteroatoms. The average Bonchev–Trinajstić information content (AvgIpc) is 2.78. The Kier molecular flexibility index (Phi) is 4.99. The first-order valence-corrected chi connectivity index (χ1v) is 7.50. The zero-order valence-corrected chi connectivity index (χ0v) is 11.7. The summed E-state index contributed by atoms with van der Waals surface area (Å²) >= 11 is 0. The summed E-state index contributed by atoms with van der Waals surface area (Å²) in [5.74, 6) is -2.91. The number of aliphatic carboxylic acids is 2. The summed E-state index contributed by atoms with van der Waals surface area (Å²) in [6.07, 6.45) is 10.2. The second-order valence-corrected chi connectivity index (χ2v) is 5.66. The van der Waals surface area contributed by atoms with E-state index < -0.39 is 17.9 Å². The number of carbonyl (C=O) groups is 2. The molecule has 0 heterocycles. The van der Waals surface area contributed by atoms with Gasteiger partial charge in [0.2, 0.25) is 0 Å². The van der Waals surface area contributed by atoms with Crippen LogP contribution in [0, 0.1) is 5.92 Å². The molecule has 0 amide bonds. The van der Waals surface area contributed by atoms with Crippen molar-refractivity contribution in [3.8, 4) is 0 Å². The third-order valence-corrected chi connectivity index (χ3v) is 4.30. The van der Waals surface area contributed by atoms with Gasteiger partial charge in [0.15, 0.2) is 0 Å². The lowest BCUT2D eigenvalue weighted by Crippen LogP contribution is -2.22. The van der Waals surface area contributed by atoms with Crippen molar-refractivity contribution in [2.45, 2.75) is 57.8 Å². The van der Waals surface area contributed by atoms with Gasteiger partial charge < -0.3 is 10.2 Å². The quantitative estimate of drug-likeness (QED) is 0.828. The van der Waals surface area contributed by atoms with E-state index in [0.717, 1.165) is 56.1 Å². The van der Waals surface area contributed by atoms with Crippen LogP contribution in [0.15, 0.2) is 22.8 Å². The molecule has 1 atom stereocenters. The summed E-state index contributed by atoms with van der Waals surface area (Å²) in [5.41, 5.74) is 2.04. The van der Waals surface area contributed by atoms with E-state index in [0.29, 0.717) is 12.8 Å². The molecule has 0 aromatic rings. The van der Waals surface area contributed by atoms with Crippen LogP contribution in [0.1, 0.15) is 57.8 Å². The molecule has 0 aromatic carbocycles. The van der Waals surface area contributed by atoms with Crippen molar-refractivity contribution < 1.29 is 19.8 Å². The van der Waals surface area contributed by atoms with Crippen molar-refractivity contribution in [1.29, 1.82) is 0 Å². The Morgan fingerprint density at radius 1 is 1.00 bits per heavy atom. The van der Waals surface area contributed by atoms with E-state index in [9.17, 15) is 19.8 Å². The molecule has 0 aromatic heterocycles. The molecule has 0 saturated carbocycles. The molecule has 0 saturated heterocycles. The molecule has 2 rings (SSSR count). The molecule has 0 radical (unpaired) electrons. The first kappa shape index (κ1) is 14.8. The SMILES string of the molecule is O=C(O)C1=C(C2=CCCCCC2)CCCCC1C(=O)O. The second kappa shape index (κ2) is 6.73. The Labute approximate surface area is 119 Å². The van der Waals surface area contributed by atoms with Gasteiger partial charge in [-0.2, -0.15) is 0 Å². The van der Waals surface area contributed by atoms with Gasteiger partial charge in [-0.05, 0) is 56.1 Å². The fourth-order valence-corrected chi connectivity index (χ4v) is 3.29. The number of carboxylic acids is 2. The number of allylic oxidation sites excluding steroid dienone is 3. The largest absolute Gasteiger partial charge is 0.481 e. The Hall–Kier alpha value is -1.58. The van der Waals surface area contributed by atoms with Crippen molar-refractivity contribution in [2.75, 3.05) is 0 Å². The van der Waals surface area contributed by atoms with Gasteiger partial charge in [0.05, 0.1) is 11.5 Å². The minimum absolute atomic E-state index is 0.142. The van der Waals surface area contributed by atoms with E-state index in [2.05, 4.69) is 6.08 Å². The maximum absolute atomic E-state index is 11.6. The van der Waals surface area contributed by atoms with Crippen LogP contribution in [0.3, 0.4) is 0 Å². The second-order valence-electron chi connectivity index (χ2n) is 5.66. The molecule has 0 aliphatic heterocycles. The monoisotopic (exact) mass is 278 g/mol. The van der Waals surface area contributed by atoms with Gasteiger partial charge in [-0.3, -0.25) is 4.79 Å². The Bertz CT molecular complexity index is 459. The highest BCUT2D eigenvalue weighted by atomic mass is 16.4. The van der Waals surface area contributed by atoms with Gasteiger partial charge in [0, 0.05) is 0 Å². The zero-order valence-electron chi connectivity index (χ0n) is 11.7. The average molecular weight is 278 g/mol. The summed E-state index contributed by atoms with van der Waals surface area (Å²) in [6.45, 7) is 0. The Morgan fingerprint density at radius 3 is 2.45 bits per heavy atom. The first-order chi connectivity index (χ1) is 9.61. The molecule has 4 nitrogen and oxygen atoms in total. The van der Waals surface area contributed by atoms with E-state index in [4.69, 9.17) is 0 Å². The molecule has 0 bridgehead atoms. The Balaban J connectivity index is 2.45. The topological polar surface area (TPSA) is 74.6 Å². The third kappa shape index (κ3) is 3.30. The summed E-state index contributed by atoms with van der Waals surface area (Å²) in [7, 11) is 0. The Morgan fingerprint density at radius 2 is 1.75 bits per heavy atom. The van der Waals surface area contributed by atoms with E-state index >= 15 is 0 Å². The highest BCUT2D eigenvalue weighted by molar-refractivity contribution is 5.95. The van der Waals surface area contributed by atoms with Crippen LogP contribution in [-0.2, 0) is 9.59 Å². The van der Waals surface area contributed by atoms with E-state index in [1.54, 1.807) is 0 Å². The standard InChI is InChI=1S/C16H22O4/c17-15(18)13-10-6-5-9-12(14(13)16(19)20)11-7-3-1-2-4-8-11/h7,13H,1-6,8-10H2,(H,17,18)(H,19,20). The number of rotatable bonds is 3. The van der Waals surface area contributed by atoms with Gasteiger partial charge in [-0.1, -0.05) is 18.9 Å². The molecule has 2 aliphatic carbocycles. The molecular weight excluding hydrogens is 256 g/mol. The van der Waals surface area contributed by atoms with Gasteiger partial charge in [-0.25, -0.2) is 4.79 Å². The predicted molar refractivity (Wildman–Crippen MR) is 75.4 cm³/mol. The van der Waals surface area contributed by atoms with Gasteiger partial charge in [-0.15, -0.1) is 0 Å². The summed E-state index contributed by atoms with van der Waals surface area (Å²) in [6, 6.07) is 0. The lowest BCUT2D eigenvalue weighted by Gasteiger charge is -2.17. The van der Waals surface area contributed by atoms with Crippen molar-refractivity contribution >= 4 is 11.9 Å². The number of carboxylic acid groups (broad SMARTS) is 2. The smallest absolute Gasteiger partial charge is 0.332 e. The van der Waals surface area contributed by atoms with Crippen molar-refractivity contribution in [1.82, 2.24) is 0 Å². The third-order valence-electron chi connectivity index (χ3n) is 4.30. The lowest BCUT2D eigenvalue weighted by atomic mass is 9.87. The first-order valence-electron chi connectivity index (χ1n) is 7.50. The summed E-state index contributed by atoms with van der Waals surface area (Å²) in [5, 5.41) is 18.8. The van der Waals surface area contributed by atoms with Crippen molar-refractivity contribution in [2.24, 2.45) is 5.92 Å². The van der Waals surface area contributed by atoms with Gasteiger partial charge in [0.1, 0.15) is 0 Å². The van der Waals surface area contributed by atoms with Crippen LogP contribution in [0.4, 0.5) is 0 Å². The van der Waals surface area contributed by atoms with Crippen LogP contribution in [0.2, 0.25) is 0 Å². The van der Waals surface area contributed by atoms with E-state index in [1.807, 2.05) is 0 Å². The molecule has 0 spiro atoms. The highest BCUT2D eigenvalue weighted by Crippen LogP contribution is 2.36. The van der Waals surface area contributed by atoms with E-state index in [-0.39, 0.29) is 5.57 Å². The summed E-state index contributed by atoms with van der Waals surface area (Å²) in [4.78, 5) is 23.0. The lowest BCUT2D eigenvalue weighted by molar-refractivity contribution is -0.144. The molecule has 20 heavy (non-hydrogen) atoms. The maximum atomic E-state index is 11.6. The molecule has 110 valence electrons. The van der Waals surface area contributed by atoms with Crippen molar-refractivity contribution in [3.63, 3.8) is 0 Å². The van der Waals surface area contributed by atoms with Crippen molar-refractivity contribution in [3.05, 3.63) is 22.8 Å². The highest BCUT2D eigenvalue weighted by Gasteiger charge is 2.32. The zero-order chi connectivity index (χ0) is 14.5. The molecule has 0 fully saturated rings. The molecule has 2 N–H and O–H groups in total. The molecule has 1 unspecified atom stereocenters. The van der Waals surface area contributed by atoms with E-state index in [1.165, 1.54) is 0 Å². The van der Waals surface area contributed by atoms with Crippen LogP contribution in [0.5, 0.6) is 0 Å². The molecule has 2 aliphatic rings. The van der Waals surface area contributed by atoms with Crippen LogP contribution < -0.4 is 0 Å². The van der Waals surface area contributed by atoms with Crippen LogP contribution >= 0.6 is 0 Å². The number of hydrogen-bond acceptors (Lipinski definition) is 2. The summed E-state index contributed by atoms with van der Waals surface area (Å²) < 4.78 is 0. The fourth-order valence-electron chi connectivity index (χ4n) is 3.29. The minimum Gasteiger partial charge on any atom is -0.481 e. The van der Waals surface area contributed by atoms with Gasteiger partial charge in [0.25, 0.3) is 0 Å². The normalized spacial score (nSPS) is 24.6.